The highest BCUT2D eigenvalue weighted by Crippen LogP contribution is 2.25. The Morgan fingerprint density at radius 1 is 0.938 bits per heavy atom. The molecule has 7 heteroatoms. The van der Waals surface area contributed by atoms with Crippen molar-refractivity contribution in [2.24, 2.45) is 0 Å². The lowest BCUT2D eigenvalue weighted by Gasteiger charge is -2.10. The van der Waals surface area contributed by atoms with Gasteiger partial charge in [-0.25, -0.2) is 4.98 Å². The number of anilines is 1. The summed E-state index contributed by atoms with van der Waals surface area (Å²) in [6.45, 7) is 2.80. The second kappa shape index (κ2) is 9.78. The molecule has 0 unspecified atom stereocenters. The normalized spacial score (nSPS) is 10.7. The predicted molar refractivity (Wildman–Crippen MR) is 123 cm³/mol. The van der Waals surface area contributed by atoms with Gasteiger partial charge < -0.3 is 14.8 Å². The first kappa shape index (κ1) is 21.1. The fourth-order valence-corrected chi connectivity index (χ4v) is 3.22. The molecule has 4 rings (SSSR count). The monoisotopic (exact) mass is 429 g/mol. The summed E-state index contributed by atoms with van der Waals surface area (Å²) in [4.78, 5) is 29.1. The highest BCUT2D eigenvalue weighted by Gasteiger charge is 2.07. The van der Waals surface area contributed by atoms with Crippen LogP contribution in [0.2, 0.25) is 0 Å². The number of carbonyl (C=O) groups is 1. The maximum Gasteiger partial charge on any atom is 0.261 e. The lowest BCUT2D eigenvalue weighted by molar-refractivity contribution is -0.116. The van der Waals surface area contributed by atoms with Gasteiger partial charge in [0.2, 0.25) is 5.91 Å². The quantitative estimate of drug-likeness (QED) is 0.442. The van der Waals surface area contributed by atoms with Crippen LogP contribution < -0.4 is 20.3 Å². The standard InChI is InChI=1S/C25H23N3O4/c1-2-31-19-11-13-21(14-12-19)32-20-9-7-18(8-10-20)27-24(29)15-16-28-17-26-23-6-4-3-5-22(23)25(28)30/h3-14,17H,2,15-16H2,1H3,(H,27,29). The molecule has 4 aromatic rings. The lowest BCUT2D eigenvalue weighted by Crippen LogP contribution is -2.23. The number of nitrogens with zero attached hydrogens (tertiary/aromatic N) is 2. The molecule has 0 aliphatic carbocycles. The second-order valence-electron chi connectivity index (χ2n) is 7.09. The van der Waals surface area contributed by atoms with E-state index < -0.39 is 0 Å². The molecule has 0 aliphatic rings. The Bertz CT molecular complexity index is 1270. The fourth-order valence-electron chi connectivity index (χ4n) is 3.22. The first-order valence-electron chi connectivity index (χ1n) is 10.4. The number of hydrogen-bond acceptors (Lipinski definition) is 5. The summed E-state index contributed by atoms with van der Waals surface area (Å²) < 4.78 is 12.7. The molecule has 32 heavy (non-hydrogen) atoms. The van der Waals surface area contributed by atoms with Crippen LogP contribution in [0.25, 0.3) is 10.9 Å². The molecule has 0 radical (unpaired) electrons. The summed E-state index contributed by atoms with van der Waals surface area (Å²) in [6.07, 6.45) is 1.63. The van der Waals surface area contributed by atoms with E-state index in [4.69, 9.17) is 9.47 Å². The van der Waals surface area contributed by atoms with Crippen molar-refractivity contribution in [3.05, 3.63) is 89.5 Å². The lowest BCUT2D eigenvalue weighted by atomic mass is 10.2. The Morgan fingerprint density at radius 2 is 1.59 bits per heavy atom. The number of carbonyl (C=O) groups excluding carboxylic acids is 1. The third-order valence-electron chi connectivity index (χ3n) is 4.82. The first-order chi connectivity index (χ1) is 15.6. The van der Waals surface area contributed by atoms with Gasteiger partial charge in [0.15, 0.2) is 0 Å². The molecule has 0 fully saturated rings. The van der Waals surface area contributed by atoms with E-state index in [0.717, 1.165) is 5.75 Å². The van der Waals surface area contributed by atoms with E-state index in [-0.39, 0.29) is 24.4 Å². The number of aromatic nitrogens is 2. The number of amides is 1. The fraction of sp³-hybridized carbons (Fsp3) is 0.160. The maximum absolute atomic E-state index is 12.5. The minimum Gasteiger partial charge on any atom is -0.494 e. The van der Waals surface area contributed by atoms with Crippen LogP contribution >= 0.6 is 0 Å². The van der Waals surface area contributed by atoms with Gasteiger partial charge in [-0.05, 0) is 67.6 Å². The maximum atomic E-state index is 12.5. The number of benzene rings is 3. The van der Waals surface area contributed by atoms with Crippen LogP contribution in [0.1, 0.15) is 13.3 Å². The number of aryl methyl sites for hydroxylation is 1. The highest BCUT2D eigenvalue weighted by atomic mass is 16.5. The molecular formula is C25H23N3O4. The molecule has 0 spiro atoms. The van der Waals surface area contributed by atoms with E-state index in [0.29, 0.717) is 34.7 Å². The number of ether oxygens (including phenoxy) is 2. The van der Waals surface area contributed by atoms with E-state index >= 15 is 0 Å². The van der Waals surface area contributed by atoms with Crippen LogP contribution in [0.15, 0.2) is 83.9 Å². The van der Waals surface area contributed by atoms with E-state index in [1.807, 2.05) is 37.3 Å². The Hall–Kier alpha value is -4.13. The summed E-state index contributed by atoms with van der Waals surface area (Å²) in [5.74, 6) is 1.95. The van der Waals surface area contributed by atoms with Gasteiger partial charge in [-0.15, -0.1) is 0 Å². The number of fused-ring (bicyclic) bond motifs is 1. The Morgan fingerprint density at radius 3 is 2.31 bits per heavy atom. The number of para-hydroxylation sites is 1. The SMILES string of the molecule is CCOc1ccc(Oc2ccc(NC(=O)CCn3cnc4ccccc4c3=O)cc2)cc1. The van der Waals surface area contributed by atoms with Crippen LogP contribution in [0.4, 0.5) is 5.69 Å². The molecule has 0 aliphatic heterocycles. The smallest absolute Gasteiger partial charge is 0.261 e. The molecule has 1 aromatic heterocycles. The second-order valence-corrected chi connectivity index (χ2v) is 7.09. The molecule has 0 saturated carbocycles. The minimum absolute atomic E-state index is 0.154. The van der Waals surface area contributed by atoms with Crippen molar-refractivity contribution in [1.82, 2.24) is 9.55 Å². The average molecular weight is 429 g/mol. The van der Waals surface area contributed by atoms with Gasteiger partial charge in [0.1, 0.15) is 17.2 Å². The molecular weight excluding hydrogens is 406 g/mol. The van der Waals surface area contributed by atoms with Gasteiger partial charge in [-0.3, -0.25) is 14.2 Å². The van der Waals surface area contributed by atoms with Crippen LogP contribution in [-0.4, -0.2) is 22.1 Å². The van der Waals surface area contributed by atoms with Crippen LogP contribution in [0, 0.1) is 0 Å². The molecule has 162 valence electrons. The van der Waals surface area contributed by atoms with Crippen molar-refractivity contribution < 1.29 is 14.3 Å². The largest absolute Gasteiger partial charge is 0.494 e. The van der Waals surface area contributed by atoms with Crippen LogP contribution in [0.3, 0.4) is 0 Å². The Labute approximate surface area is 185 Å². The van der Waals surface area contributed by atoms with Crippen molar-refractivity contribution in [3.63, 3.8) is 0 Å². The van der Waals surface area contributed by atoms with Crippen molar-refractivity contribution in [2.45, 2.75) is 19.9 Å². The highest BCUT2D eigenvalue weighted by molar-refractivity contribution is 5.90. The zero-order valence-electron chi connectivity index (χ0n) is 17.7. The predicted octanol–water partition coefficient (Wildman–Crippen LogP) is 4.62. The summed E-state index contributed by atoms with van der Waals surface area (Å²) in [7, 11) is 0. The molecule has 7 nitrogen and oxygen atoms in total. The van der Waals surface area contributed by atoms with Gasteiger partial charge in [-0.2, -0.15) is 0 Å². The van der Waals surface area contributed by atoms with Gasteiger partial charge in [0, 0.05) is 18.7 Å². The molecule has 0 saturated heterocycles. The van der Waals surface area contributed by atoms with E-state index in [9.17, 15) is 9.59 Å². The Kier molecular flexibility index (Phi) is 6.46. The molecule has 1 heterocycles. The van der Waals surface area contributed by atoms with E-state index in [2.05, 4.69) is 10.3 Å². The van der Waals surface area contributed by atoms with E-state index in [1.54, 1.807) is 42.5 Å². The Balaban J connectivity index is 1.32. The molecule has 1 N–H and O–H groups in total. The van der Waals surface area contributed by atoms with Crippen LogP contribution in [0.5, 0.6) is 17.2 Å². The van der Waals surface area contributed by atoms with Gasteiger partial charge >= 0.3 is 0 Å². The van der Waals surface area contributed by atoms with Gasteiger partial charge in [0.25, 0.3) is 5.56 Å². The molecule has 3 aromatic carbocycles. The van der Waals surface area contributed by atoms with Crippen molar-refractivity contribution in [1.29, 1.82) is 0 Å². The van der Waals surface area contributed by atoms with Crippen molar-refractivity contribution in [2.75, 3.05) is 11.9 Å². The van der Waals surface area contributed by atoms with Crippen molar-refractivity contribution in [3.8, 4) is 17.2 Å². The van der Waals surface area contributed by atoms with Gasteiger partial charge in [0.05, 0.1) is 23.8 Å². The summed E-state index contributed by atoms with van der Waals surface area (Å²) in [6, 6.07) is 21.6. The summed E-state index contributed by atoms with van der Waals surface area (Å²) in [5, 5.41) is 3.37. The van der Waals surface area contributed by atoms with Crippen molar-refractivity contribution >= 4 is 22.5 Å². The van der Waals surface area contributed by atoms with E-state index in [1.165, 1.54) is 10.9 Å². The first-order valence-corrected chi connectivity index (χ1v) is 10.4. The summed E-state index contributed by atoms with van der Waals surface area (Å²) >= 11 is 0. The average Bonchev–Trinajstić information content (AvgIpc) is 2.81. The minimum atomic E-state index is -0.190. The zero-order chi connectivity index (χ0) is 22.3. The van der Waals surface area contributed by atoms with Gasteiger partial charge in [-0.1, -0.05) is 12.1 Å². The topological polar surface area (TPSA) is 82.4 Å². The third-order valence-corrected chi connectivity index (χ3v) is 4.82. The third kappa shape index (κ3) is 5.13. The number of hydrogen-bond donors (Lipinski definition) is 1. The zero-order valence-corrected chi connectivity index (χ0v) is 17.7. The van der Waals surface area contributed by atoms with Crippen LogP contribution in [-0.2, 0) is 11.3 Å². The summed E-state index contributed by atoms with van der Waals surface area (Å²) in [5.41, 5.74) is 1.14. The molecule has 1 amide bonds. The number of rotatable bonds is 8. The molecule has 0 atom stereocenters. The molecule has 0 bridgehead atoms. The number of nitrogens with one attached hydrogen (secondary N) is 1.